The van der Waals surface area contributed by atoms with Crippen molar-refractivity contribution in [2.45, 2.75) is 89.9 Å². The first-order valence-electron chi connectivity index (χ1n) is 11.9. The van der Waals surface area contributed by atoms with Gasteiger partial charge >= 0.3 is 5.97 Å². The van der Waals surface area contributed by atoms with Crippen LogP contribution < -0.4 is 0 Å². The number of hydrogen-bond donors (Lipinski definition) is 0. The summed E-state index contributed by atoms with van der Waals surface area (Å²) in [6, 6.07) is 0. The molecule has 0 aromatic carbocycles. The number of fused-ring (bicyclic) bond motifs is 6. The van der Waals surface area contributed by atoms with Crippen LogP contribution in [0.1, 0.15) is 78.6 Å². The summed E-state index contributed by atoms with van der Waals surface area (Å²) in [5.74, 6) is 2.41. The van der Waals surface area contributed by atoms with Crippen LogP contribution in [0.3, 0.4) is 0 Å². The van der Waals surface area contributed by atoms with Crippen LogP contribution >= 0.6 is 0 Å². The lowest BCUT2D eigenvalue weighted by Gasteiger charge is -2.62. The Balaban J connectivity index is 1.39. The van der Waals surface area contributed by atoms with E-state index in [-0.39, 0.29) is 17.2 Å². The quantitative estimate of drug-likeness (QED) is 0.467. The second kappa shape index (κ2) is 6.56. The zero-order valence-corrected chi connectivity index (χ0v) is 18.5. The first-order chi connectivity index (χ1) is 13.8. The molecule has 5 rings (SSSR count). The molecule has 4 nitrogen and oxygen atoms in total. The van der Waals surface area contributed by atoms with Crippen molar-refractivity contribution in [1.82, 2.24) is 0 Å². The third-order valence-corrected chi connectivity index (χ3v) is 10.3. The Kier molecular flexibility index (Phi) is 4.54. The average Bonchev–Trinajstić information content (AvgIpc) is 3.28. The first kappa shape index (κ1) is 20.1. The van der Waals surface area contributed by atoms with Gasteiger partial charge in [0.1, 0.15) is 5.60 Å². The first-order valence-corrected chi connectivity index (χ1v) is 11.9. The van der Waals surface area contributed by atoms with Crippen molar-refractivity contribution in [2.75, 3.05) is 13.2 Å². The van der Waals surface area contributed by atoms with Crippen LogP contribution in [-0.4, -0.2) is 30.6 Å². The summed E-state index contributed by atoms with van der Waals surface area (Å²) < 4.78 is 18.4. The molecule has 0 bridgehead atoms. The van der Waals surface area contributed by atoms with Gasteiger partial charge < -0.3 is 14.2 Å². The molecular formula is C25H38O4. The number of ether oxygens (including phenoxy) is 3. The molecule has 0 unspecified atom stereocenters. The molecule has 7 atom stereocenters. The van der Waals surface area contributed by atoms with Crippen molar-refractivity contribution in [1.29, 1.82) is 0 Å². The number of hydrogen-bond acceptors (Lipinski definition) is 4. The smallest absolute Gasteiger partial charge is 0.303 e. The number of carbonyl (C=O) groups excluding carboxylic acids is 1. The minimum atomic E-state index is -0.449. The molecule has 0 aromatic heterocycles. The molecule has 0 aromatic rings. The summed E-state index contributed by atoms with van der Waals surface area (Å²) >= 11 is 0. The van der Waals surface area contributed by atoms with Gasteiger partial charge in [-0.3, -0.25) is 4.79 Å². The molecule has 5 aliphatic rings. The lowest BCUT2D eigenvalue weighted by atomic mass is 9.44. The molecule has 5 fully saturated rings. The number of rotatable bonds is 2. The topological polar surface area (TPSA) is 44.8 Å². The van der Waals surface area contributed by atoms with Gasteiger partial charge in [0.05, 0.1) is 13.2 Å². The van der Waals surface area contributed by atoms with E-state index in [1.807, 2.05) is 6.08 Å². The van der Waals surface area contributed by atoms with E-state index in [1.54, 1.807) is 0 Å². The van der Waals surface area contributed by atoms with E-state index in [0.717, 1.165) is 56.7 Å². The largest absolute Gasteiger partial charge is 0.455 e. The van der Waals surface area contributed by atoms with Crippen LogP contribution in [0.25, 0.3) is 0 Å². The fraction of sp³-hybridized carbons (Fsp3) is 0.880. The standard InChI is InChI=1S/C25H38O4/c1-5-24(29-17(2)26)13-12-22(3)18(16-24)6-7-19-20(22)8-10-23(4)21(19)9-11-25(23)27-14-15-28-25/h5,18-21H,1,6-16H2,2-4H3/t18-,19-,20-,21+,22-,23-,24-/m0/s1. The summed E-state index contributed by atoms with van der Waals surface area (Å²) in [5.41, 5.74) is 0.0736. The highest BCUT2D eigenvalue weighted by Gasteiger charge is 2.67. The van der Waals surface area contributed by atoms with Gasteiger partial charge in [0.25, 0.3) is 0 Å². The van der Waals surface area contributed by atoms with Gasteiger partial charge in [-0.25, -0.2) is 0 Å². The van der Waals surface area contributed by atoms with E-state index in [2.05, 4.69) is 20.4 Å². The minimum absolute atomic E-state index is 0.172. The molecule has 0 N–H and O–H groups in total. The van der Waals surface area contributed by atoms with Crippen molar-refractivity contribution in [3.8, 4) is 0 Å². The number of carbonyl (C=O) groups is 1. The van der Waals surface area contributed by atoms with E-state index in [9.17, 15) is 4.79 Å². The predicted molar refractivity (Wildman–Crippen MR) is 111 cm³/mol. The number of esters is 1. The van der Waals surface area contributed by atoms with E-state index in [0.29, 0.717) is 11.3 Å². The Bertz CT molecular complexity index is 697. The highest BCUT2D eigenvalue weighted by atomic mass is 16.7. The van der Waals surface area contributed by atoms with Gasteiger partial charge in [0.15, 0.2) is 5.79 Å². The normalized spacial score (nSPS) is 50.4. The summed E-state index contributed by atoms with van der Waals surface area (Å²) in [6.07, 6.45) is 12.3. The van der Waals surface area contributed by atoms with Crippen LogP contribution in [0, 0.1) is 34.5 Å². The lowest BCUT2D eigenvalue weighted by Crippen LogP contribution is -2.58. The van der Waals surface area contributed by atoms with Crippen molar-refractivity contribution in [3.63, 3.8) is 0 Å². The summed E-state index contributed by atoms with van der Waals surface area (Å²) in [6.45, 7) is 12.1. The Morgan fingerprint density at radius 1 is 1.00 bits per heavy atom. The third-order valence-electron chi connectivity index (χ3n) is 10.3. The maximum Gasteiger partial charge on any atom is 0.303 e. The molecule has 29 heavy (non-hydrogen) atoms. The summed E-state index contributed by atoms with van der Waals surface area (Å²) in [4.78, 5) is 11.7. The third kappa shape index (κ3) is 2.67. The van der Waals surface area contributed by atoms with Crippen LogP contribution in [0.5, 0.6) is 0 Å². The van der Waals surface area contributed by atoms with Crippen LogP contribution in [0.15, 0.2) is 12.7 Å². The van der Waals surface area contributed by atoms with Gasteiger partial charge in [0, 0.05) is 18.8 Å². The summed E-state index contributed by atoms with van der Waals surface area (Å²) in [7, 11) is 0. The fourth-order valence-corrected chi connectivity index (χ4v) is 8.75. The molecular weight excluding hydrogens is 364 g/mol. The Morgan fingerprint density at radius 2 is 1.72 bits per heavy atom. The molecule has 162 valence electrons. The summed E-state index contributed by atoms with van der Waals surface area (Å²) in [5, 5.41) is 0. The maximum atomic E-state index is 11.7. The monoisotopic (exact) mass is 402 g/mol. The Hall–Kier alpha value is -0.870. The molecule has 4 aliphatic carbocycles. The molecule has 1 saturated heterocycles. The maximum absolute atomic E-state index is 11.7. The van der Waals surface area contributed by atoms with Crippen molar-refractivity contribution >= 4 is 5.97 Å². The molecule has 4 heteroatoms. The van der Waals surface area contributed by atoms with E-state index >= 15 is 0 Å². The van der Waals surface area contributed by atoms with Crippen molar-refractivity contribution in [2.24, 2.45) is 34.5 Å². The second-order valence-corrected chi connectivity index (χ2v) is 11.2. The van der Waals surface area contributed by atoms with Gasteiger partial charge in [-0.1, -0.05) is 20.4 Å². The van der Waals surface area contributed by atoms with E-state index in [4.69, 9.17) is 14.2 Å². The van der Waals surface area contributed by atoms with E-state index in [1.165, 1.54) is 39.0 Å². The van der Waals surface area contributed by atoms with Crippen molar-refractivity contribution < 1.29 is 19.0 Å². The molecule has 1 spiro atoms. The molecule has 1 aliphatic heterocycles. The highest BCUT2D eigenvalue weighted by Crippen LogP contribution is 2.70. The molecule has 0 amide bonds. The van der Waals surface area contributed by atoms with Crippen LogP contribution in [0.2, 0.25) is 0 Å². The molecule has 1 heterocycles. The molecule has 4 saturated carbocycles. The average molecular weight is 403 g/mol. The molecule has 0 radical (unpaired) electrons. The predicted octanol–water partition coefficient (Wildman–Crippen LogP) is 5.26. The Labute approximate surface area is 175 Å². The van der Waals surface area contributed by atoms with Crippen LogP contribution in [-0.2, 0) is 19.0 Å². The zero-order chi connectivity index (χ0) is 20.5. The van der Waals surface area contributed by atoms with E-state index < -0.39 is 5.60 Å². The highest BCUT2D eigenvalue weighted by molar-refractivity contribution is 5.66. The fourth-order valence-electron chi connectivity index (χ4n) is 8.75. The Morgan fingerprint density at radius 3 is 2.41 bits per heavy atom. The second-order valence-electron chi connectivity index (χ2n) is 11.2. The van der Waals surface area contributed by atoms with Crippen molar-refractivity contribution in [3.05, 3.63) is 12.7 Å². The van der Waals surface area contributed by atoms with Gasteiger partial charge in [-0.2, -0.15) is 0 Å². The van der Waals surface area contributed by atoms with Gasteiger partial charge in [0.2, 0.25) is 0 Å². The van der Waals surface area contributed by atoms with Gasteiger partial charge in [-0.15, -0.1) is 0 Å². The SMILES string of the molecule is C=C[C@]1(OC(C)=O)CC[C@@]2(C)[C@@H](CC[C@@H]3[C@H]4CCC5(OCCO5)[C@@]4(C)CC[C@@H]32)C1. The zero-order valence-electron chi connectivity index (χ0n) is 18.5. The lowest BCUT2D eigenvalue weighted by molar-refractivity contribution is -0.248. The van der Waals surface area contributed by atoms with Gasteiger partial charge in [-0.05, 0) is 86.5 Å². The van der Waals surface area contributed by atoms with Crippen LogP contribution in [0.4, 0.5) is 0 Å². The minimum Gasteiger partial charge on any atom is -0.455 e.